The zero-order chi connectivity index (χ0) is 18.0. The van der Waals surface area contributed by atoms with E-state index >= 15 is 0 Å². The summed E-state index contributed by atoms with van der Waals surface area (Å²) in [7, 11) is 1.73. The molecule has 0 fully saturated rings. The van der Waals surface area contributed by atoms with Crippen LogP contribution in [0, 0.1) is 0 Å². The molecule has 0 bridgehead atoms. The van der Waals surface area contributed by atoms with Gasteiger partial charge in [0.1, 0.15) is 5.75 Å². The minimum Gasteiger partial charge on any atom is -0.496 e. The lowest BCUT2D eigenvalue weighted by Gasteiger charge is -2.31. The summed E-state index contributed by atoms with van der Waals surface area (Å²) in [5.74, 6) is 1.13. The van der Waals surface area contributed by atoms with E-state index in [2.05, 4.69) is 60.6 Å². The van der Waals surface area contributed by atoms with Gasteiger partial charge in [-0.15, -0.1) is 0 Å². The van der Waals surface area contributed by atoms with E-state index in [1.807, 2.05) is 0 Å². The predicted octanol–water partition coefficient (Wildman–Crippen LogP) is 4.14. The third-order valence-electron chi connectivity index (χ3n) is 4.34. The van der Waals surface area contributed by atoms with Crippen LogP contribution in [0.2, 0.25) is 0 Å². The Kier molecular flexibility index (Phi) is 6.28. The minimum atomic E-state index is -0.678. The van der Waals surface area contributed by atoms with Crippen molar-refractivity contribution in [2.75, 3.05) is 13.7 Å². The molecule has 2 unspecified atom stereocenters. The third-order valence-corrected chi connectivity index (χ3v) is 4.34. The summed E-state index contributed by atoms with van der Waals surface area (Å²) in [5.41, 5.74) is 3.50. The van der Waals surface area contributed by atoms with E-state index in [-0.39, 0.29) is 23.4 Å². The Morgan fingerprint density at radius 1 is 1.00 bits per heavy atom. The molecule has 0 saturated carbocycles. The summed E-state index contributed by atoms with van der Waals surface area (Å²) in [6.07, 6.45) is -0.126. The van der Waals surface area contributed by atoms with Gasteiger partial charge in [0, 0.05) is 11.1 Å². The maximum Gasteiger partial charge on any atom is 0.126 e. The fourth-order valence-electron chi connectivity index (χ4n) is 2.89. The fraction of sp³-hybridized carbons (Fsp3) is 0.700. The van der Waals surface area contributed by atoms with E-state index < -0.39 is 6.10 Å². The molecule has 1 rings (SSSR count). The highest BCUT2D eigenvalue weighted by Gasteiger charge is 2.28. The zero-order valence-corrected chi connectivity index (χ0v) is 16.0. The minimum absolute atomic E-state index is 0.0311. The lowest BCUT2D eigenvalue weighted by atomic mass is 9.76. The highest BCUT2D eigenvalue weighted by atomic mass is 16.5. The van der Waals surface area contributed by atoms with Crippen LogP contribution in [0.15, 0.2) is 12.1 Å². The molecule has 0 amide bonds. The van der Waals surface area contributed by atoms with E-state index in [1.165, 1.54) is 16.7 Å². The maximum absolute atomic E-state index is 9.77. The number of methoxy groups -OCH3 is 1. The van der Waals surface area contributed by atoms with Gasteiger partial charge in [0.25, 0.3) is 0 Å². The van der Waals surface area contributed by atoms with Crippen molar-refractivity contribution in [3.05, 3.63) is 28.8 Å². The normalized spacial score (nSPS) is 15.4. The van der Waals surface area contributed by atoms with Gasteiger partial charge in [0.15, 0.2) is 0 Å². The molecule has 3 nitrogen and oxygen atoms in total. The molecule has 0 aliphatic carbocycles. The average Bonchev–Trinajstić information content (AvgIpc) is 2.43. The molecule has 2 atom stereocenters. The van der Waals surface area contributed by atoms with Crippen LogP contribution in [-0.4, -0.2) is 30.0 Å². The van der Waals surface area contributed by atoms with Gasteiger partial charge in [-0.05, 0) is 28.7 Å². The lowest BCUT2D eigenvalue weighted by molar-refractivity contribution is 0.0835. The van der Waals surface area contributed by atoms with Crippen LogP contribution < -0.4 is 4.74 Å². The smallest absolute Gasteiger partial charge is 0.126 e. The molecule has 132 valence electrons. The standard InChI is InChI=1S/C20H34O3/c1-13(9-15(22)12-21)14-10-16(19(2,3)4)18(23-8)17(11-14)20(5,6)7/h10-11,13,15,21-22H,9,12H2,1-8H3. The van der Waals surface area contributed by atoms with Crippen LogP contribution in [0.1, 0.15) is 77.5 Å². The van der Waals surface area contributed by atoms with Crippen LogP contribution in [0.3, 0.4) is 0 Å². The Balaban J connectivity index is 3.50. The molecule has 0 spiro atoms. The third kappa shape index (κ3) is 4.95. The van der Waals surface area contributed by atoms with Crippen molar-refractivity contribution in [1.29, 1.82) is 0 Å². The second-order valence-corrected chi connectivity index (χ2v) is 8.62. The fourth-order valence-corrected chi connectivity index (χ4v) is 2.89. The highest BCUT2D eigenvalue weighted by Crippen LogP contribution is 2.42. The predicted molar refractivity (Wildman–Crippen MR) is 96.5 cm³/mol. The molecule has 23 heavy (non-hydrogen) atoms. The van der Waals surface area contributed by atoms with Crippen molar-refractivity contribution in [1.82, 2.24) is 0 Å². The molecule has 0 heterocycles. The Bertz CT molecular complexity index is 486. The number of aliphatic hydroxyl groups excluding tert-OH is 2. The number of benzene rings is 1. The monoisotopic (exact) mass is 322 g/mol. The number of ether oxygens (including phenoxy) is 1. The van der Waals surface area contributed by atoms with Crippen LogP contribution in [-0.2, 0) is 10.8 Å². The number of hydrogen-bond donors (Lipinski definition) is 2. The molecule has 0 aliphatic heterocycles. The first-order valence-electron chi connectivity index (χ1n) is 8.43. The SMILES string of the molecule is COc1c(C(C)(C)C)cc(C(C)CC(O)CO)cc1C(C)(C)C. The van der Waals surface area contributed by atoms with Gasteiger partial charge in [0.2, 0.25) is 0 Å². The van der Waals surface area contributed by atoms with E-state index in [9.17, 15) is 5.11 Å². The molecule has 1 aromatic rings. The number of rotatable bonds is 5. The first kappa shape index (κ1) is 20.0. The van der Waals surface area contributed by atoms with Crippen molar-refractivity contribution in [3.8, 4) is 5.75 Å². The van der Waals surface area contributed by atoms with E-state index in [4.69, 9.17) is 9.84 Å². The van der Waals surface area contributed by atoms with Gasteiger partial charge in [-0.25, -0.2) is 0 Å². The first-order valence-corrected chi connectivity index (χ1v) is 8.43. The number of aliphatic hydroxyl groups is 2. The second-order valence-electron chi connectivity index (χ2n) is 8.62. The summed E-state index contributed by atoms with van der Waals surface area (Å²) < 4.78 is 5.78. The van der Waals surface area contributed by atoms with Crippen molar-refractivity contribution >= 4 is 0 Å². The van der Waals surface area contributed by atoms with Crippen LogP contribution >= 0.6 is 0 Å². The largest absolute Gasteiger partial charge is 0.496 e. The average molecular weight is 322 g/mol. The van der Waals surface area contributed by atoms with Gasteiger partial charge in [-0.1, -0.05) is 60.6 Å². The molecule has 0 aliphatic rings. The molecular weight excluding hydrogens is 288 g/mol. The molecule has 2 N–H and O–H groups in total. The maximum atomic E-state index is 9.77. The number of hydrogen-bond acceptors (Lipinski definition) is 3. The summed E-state index contributed by atoms with van der Waals surface area (Å²) in [5, 5.41) is 18.9. The molecule has 0 radical (unpaired) electrons. The first-order chi connectivity index (χ1) is 10.4. The van der Waals surface area contributed by atoms with Gasteiger partial charge in [0.05, 0.1) is 19.8 Å². The topological polar surface area (TPSA) is 49.7 Å². The van der Waals surface area contributed by atoms with Crippen LogP contribution in [0.5, 0.6) is 5.75 Å². The molecule has 0 saturated heterocycles. The van der Waals surface area contributed by atoms with Crippen molar-refractivity contribution in [3.63, 3.8) is 0 Å². The Morgan fingerprint density at radius 2 is 1.43 bits per heavy atom. The Morgan fingerprint density at radius 3 is 1.74 bits per heavy atom. The van der Waals surface area contributed by atoms with Gasteiger partial charge >= 0.3 is 0 Å². The Labute approximate surface area is 141 Å². The van der Waals surface area contributed by atoms with E-state index in [1.54, 1.807) is 7.11 Å². The molecule has 0 aromatic heterocycles. The molecule has 3 heteroatoms. The molecular formula is C20H34O3. The van der Waals surface area contributed by atoms with Crippen LogP contribution in [0.4, 0.5) is 0 Å². The quantitative estimate of drug-likeness (QED) is 0.856. The Hall–Kier alpha value is -1.06. The summed E-state index contributed by atoms with van der Waals surface area (Å²) in [6.45, 7) is 15.0. The summed E-state index contributed by atoms with van der Waals surface area (Å²) in [6, 6.07) is 4.39. The van der Waals surface area contributed by atoms with Gasteiger partial charge < -0.3 is 14.9 Å². The van der Waals surface area contributed by atoms with Gasteiger partial charge in [-0.3, -0.25) is 0 Å². The zero-order valence-electron chi connectivity index (χ0n) is 16.0. The summed E-state index contributed by atoms with van der Waals surface area (Å²) >= 11 is 0. The van der Waals surface area contributed by atoms with E-state index in [0.29, 0.717) is 6.42 Å². The van der Waals surface area contributed by atoms with E-state index in [0.717, 1.165) is 5.75 Å². The summed E-state index contributed by atoms with van der Waals surface area (Å²) in [4.78, 5) is 0. The molecule has 1 aromatic carbocycles. The van der Waals surface area contributed by atoms with Crippen molar-refractivity contribution in [2.45, 2.75) is 77.7 Å². The second kappa shape index (κ2) is 7.23. The highest BCUT2D eigenvalue weighted by molar-refractivity contribution is 5.51. The van der Waals surface area contributed by atoms with Crippen LogP contribution in [0.25, 0.3) is 0 Å². The van der Waals surface area contributed by atoms with Gasteiger partial charge in [-0.2, -0.15) is 0 Å². The lowest BCUT2D eigenvalue weighted by Crippen LogP contribution is -2.21. The van der Waals surface area contributed by atoms with Crippen molar-refractivity contribution in [2.24, 2.45) is 0 Å². The van der Waals surface area contributed by atoms with Crippen molar-refractivity contribution < 1.29 is 14.9 Å².